The van der Waals surface area contributed by atoms with Gasteiger partial charge in [-0.2, -0.15) is 0 Å². The van der Waals surface area contributed by atoms with Crippen molar-refractivity contribution in [3.05, 3.63) is 5.89 Å². The number of rotatable bonds is 7. The summed E-state index contributed by atoms with van der Waals surface area (Å²) < 4.78 is 5.68. The van der Waals surface area contributed by atoms with Crippen molar-refractivity contribution in [3.63, 3.8) is 0 Å². The minimum absolute atomic E-state index is 0.114. The molecule has 5 heteroatoms. The van der Waals surface area contributed by atoms with Crippen molar-refractivity contribution in [2.24, 2.45) is 5.41 Å². The van der Waals surface area contributed by atoms with Gasteiger partial charge in [0, 0.05) is 6.54 Å². The Morgan fingerprint density at radius 2 is 2.00 bits per heavy atom. The lowest BCUT2D eigenvalue weighted by atomic mass is 9.76. The molecule has 1 aromatic rings. The van der Waals surface area contributed by atoms with E-state index >= 15 is 0 Å². The van der Waals surface area contributed by atoms with Crippen LogP contribution in [0.3, 0.4) is 0 Å². The van der Waals surface area contributed by atoms with E-state index in [9.17, 15) is 0 Å². The molecule has 0 spiro atoms. The molecule has 2 rings (SSSR count). The summed E-state index contributed by atoms with van der Waals surface area (Å²) in [7, 11) is 0. The van der Waals surface area contributed by atoms with Gasteiger partial charge < -0.3 is 15.1 Å². The third kappa shape index (κ3) is 4.20. The van der Waals surface area contributed by atoms with Crippen molar-refractivity contribution in [1.82, 2.24) is 15.5 Å². The first kappa shape index (κ1) is 15.3. The van der Waals surface area contributed by atoms with Crippen LogP contribution in [0.5, 0.6) is 0 Å². The Morgan fingerprint density at radius 3 is 2.70 bits per heavy atom. The molecule has 1 heterocycles. The number of hydrogen-bond donors (Lipinski definition) is 2. The maximum atomic E-state index is 5.68. The van der Waals surface area contributed by atoms with Crippen LogP contribution in [0.1, 0.15) is 71.2 Å². The van der Waals surface area contributed by atoms with Crippen LogP contribution >= 0.6 is 0 Å². The minimum atomic E-state index is 0.114. The van der Waals surface area contributed by atoms with Crippen molar-refractivity contribution in [1.29, 1.82) is 0 Å². The average molecular weight is 280 g/mol. The quantitative estimate of drug-likeness (QED) is 0.800. The highest BCUT2D eigenvalue weighted by molar-refractivity contribution is 5.18. The molecule has 0 aliphatic heterocycles. The highest BCUT2D eigenvalue weighted by atomic mass is 16.4. The summed E-state index contributed by atoms with van der Waals surface area (Å²) in [5, 5.41) is 14.9. The number of hydrogen-bond acceptors (Lipinski definition) is 5. The van der Waals surface area contributed by atoms with Crippen LogP contribution in [-0.4, -0.2) is 23.3 Å². The van der Waals surface area contributed by atoms with Crippen molar-refractivity contribution >= 4 is 6.01 Å². The second-order valence-corrected chi connectivity index (χ2v) is 6.35. The third-order valence-corrected chi connectivity index (χ3v) is 4.24. The van der Waals surface area contributed by atoms with Gasteiger partial charge in [0.1, 0.15) is 0 Å². The lowest BCUT2D eigenvalue weighted by molar-refractivity contribution is 0.231. The van der Waals surface area contributed by atoms with Gasteiger partial charge in [0.15, 0.2) is 0 Å². The molecular weight excluding hydrogens is 252 g/mol. The zero-order valence-corrected chi connectivity index (χ0v) is 13.0. The van der Waals surface area contributed by atoms with Crippen LogP contribution in [0.2, 0.25) is 0 Å². The van der Waals surface area contributed by atoms with Crippen LogP contribution in [0.15, 0.2) is 4.42 Å². The van der Waals surface area contributed by atoms with Crippen LogP contribution in [0.4, 0.5) is 6.01 Å². The summed E-state index contributed by atoms with van der Waals surface area (Å²) in [6.45, 7) is 8.43. The van der Waals surface area contributed by atoms with Crippen LogP contribution < -0.4 is 10.6 Å². The number of aromatic nitrogens is 2. The molecule has 0 amide bonds. The first-order valence-electron chi connectivity index (χ1n) is 7.94. The van der Waals surface area contributed by atoms with E-state index in [0.717, 1.165) is 19.5 Å². The number of nitrogens with zero attached hydrogens (tertiary/aromatic N) is 2. The molecule has 0 aromatic carbocycles. The summed E-state index contributed by atoms with van der Waals surface area (Å²) in [6, 6.07) is 0.667. The molecule has 5 nitrogen and oxygen atoms in total. The molecule has 114 valence electrons. The van der Waals surface area contributed by atoms with Gasteiger partial charge in [0.2, 0.25) is 5.89 Å². The summed E-state index contributed by atoms with van der Waals surface area (Å²) >= 11 is 0. The van der Waals surface area contributed by atoms with Gasteiger partial charge >= 0.3 is 6.01 Å². The van der Waals surface area contributed by atoms with E-state index in [-0.39, 0.29) is 6.04 Å². The van der Waals surface area contributed by atoms with Gasteiger partial charge in [-0.05, 0) is 38.1 Å². The van der Waals surface area contributed by atoms with Crippen molar-refractivity contribution in [3.8, 4) is 0 Å². The van der Waals surface area contributed by atoms with E-state index in [1.807, 2.05) is 0 Å². The Hall–Kier alpha value is -1.10. The Morgan fingerprint density at radius 1 is 1.25 bits per heavy atom. The number of nitrogens with one attached hydrogen (secondary N) is 2. The number of anilines is 1. The molecule has 1 aliphatic carbocycles. The van der Waals surface area contributed by atoms with Crippen LogP contribution in [-0.2, 0) is 0 Å². The van der Waals surface area contributed by atoms with E-state index < -0.39 is 0 Å². The lowest BCUT2D eigenvalue weighted by Gasteiger charge is -2.33. The summed E-state index contributed by atoms with van der Waals surface area (Å²) in [6.07, 6.45) is 7.73. The zero-order chi connectivity index (χ0) is 14.4. The minimum Gasteiger partial charge on any atom is -0.406 e. The van der Waals surface area contributed by atoms with E-state index in [4.69, 9.17) is 4.42 Å². The maximum absolute atomic E-state index is 5.68. The topological polar surface area (TPSA) is 63.0 Å². The Labute approximate surface area is 121 Å². The molecule has 0 bridgehead atoms. The first-order chi connectivity index (χ1) is 9.63. The SMILES string of the molecule is CCCNC(C)c1nnc(NCC2(C)CCCCC2)o1. The van der Waals surface area contributed by atoms with Crippen molar-refractivity contribution in [2.45, 2.75) is 65.3 Å². The molecule has 1 atom stereocenters. The fraction of sp³-hybridized carbons (Fsp3) is 0.867. The molecule has 1 aliphatic rings. The highest BCUT2D eigenvalue weighted by Crippen LogP contribution is 2.35. The Bertz CT molecular complexity index is 398. The first-order valence-corrected chi connectivity index (χ1v) is 7.94. The Balaban J connectivity index is 1.83. The van der Waals surface area contributed by atoms with E-state index in [1.54, 1.807) is 0 Å². The third-order valence-electron chi connectivity index (χ3n) is 4.24. The van der Waals surface area contributed by atoms with Crippen LogP contribution in [0, 0.1) is 5.41 Å². The standard InChI is InChI=1S/C15H28N4O/c1-4-10-16-12(2)13-18-19-14(20-13)17-11-15(3)8-6-5-7-9-15/h12,16H,4-11H2,1-3H3,(H,17,19). The largest absolute Gasteiger partial charge is 0.406 e. The highest BCUT2D eigenvalue weighted by Gasteiger charge is 2.27. The fourth-order valence-electron chi connectivity index (χ4n) is 2.80. The molecule has 1 unspecified atom stereocenters. The van der Waals surface area contributed by atoms with E-state index in [2.05, 4.69) is 41.6 Å². The van der Waals surface area contributed by atoms with E-state index in [0.29, 0.717) is 17.3 Å². The van der Waals surface area contributed by atoms with Gasteiger partial charge in [-0.15, -0.1) is 5.10 Å². The summed E-state index contributed by atoms with van der Waals surface area (Å²) in [5.41, 5.74) is 0.374. The monoisotopic (exact) mass is 280 g/mol. The van der Waals surface area contributed by atoms with Gasteiger partial charge in [0.25, 0.3) is 0 Å². The van der Waals surface area contributed by atoms with Crippen molar-refractivity contribution in [2.75, 3.05) is 18.4 Å². The fourth-order valence-corrected chi connectivity index (χ4v) is 2.80. The maximum Gasteiger partial charge on any atom is 0.315 e. The molecular formula is C15H28N4O. The molecule has 2 N–H and O–H groups in total. The van der Waals surface area contributed by atoms with E-state index in [1.165, 1.54) is 32.1 Å². The zero-order valence-electron chi connectivity index (χ0n) is 13.0. The van der Waals surface area contributed by atoms with Gasteiger partial charge in [-0.3, -0.25) is 0 Å². The normalized spacial score (nSPS) is 19.8. The second-order valence-electron chi connectivity index (χ2n) is 6.35. The molecule has 0 saturated heterocycles. The lowest BCUT2D eigenvalue weighted by Crippen LogP contribution is -2.28. The second kappa shape index (κ2) is 7.07. The predicted molar refractivity (Wildman–Crippen MR) is 80.7 cm³/mol. The molecule has 1 fully saturated rings. The average Bonchev–Trinajstić information content (AvgIpc) is 2.92. The van der Waals surface area contributed by atoms with Gasteiger partial charge in [0.05, 0.1) is 6.04 Å². The summed E-state index contributed by atoms with van der Waals surface area (Å²) in [4.78, 5) is 0. The predicted octanol–water partition coefficient (Wildman–Crippen LogP) is 3.51. The summed E-state index contributed by atoms with van der Waals surface area (Å²) in [5.74, 6) is 0.662. The van der Waals surface area contributed by atoms with Crippen LogP contribution in [0.25, 0.3) is 0 Å². The molecule has 20 heavy (non-hydrogen) atoms. The molecule has 1 aromatic heterocycles. The smallest absolute Gasteiger partial charge is 0.315 e. The van der Waals surface area contributed by atoms with Gasteiger partial charge in [-0.1, -0.05) is 38.2 Å². The van der Waals surface area contributed by atoms with Gasteiger partial charge in [-0.25, -0.2) is 0 Å². The molecule has 0 radical (unpaired) electrons. The Kier molecular flexibility index (Phi) is 5.40. The molecule has 1 saturated carbocycles. The van der Waals surface area contributed by atoms with Crippen molar-refractivity contribution < 1.29 is 4.42 Å².